The fourth-order valence-corrected chi connectivity index (χ4v) is 3.38. The number of benzene rings is 2. The maximum atomic E-state index is 13.1. The number of imide groups is 1. The number of rotatable bonds is 5. The zero-order valence-corrected chi connectivity index (χ0v) is 17.9. The zero-order valence-electron chi connectivity index (χ0n) is 17.9. The summed E-state index contributed by atoms with van der Waals surface area (Å²) in [5.74, 6) is -0.343. The Morgan fingerprint density at radius 1 is 1.13 bits per heavy atom. The van der Waals surface area contributed by atoms with Crippen molar-refractivity contribution >= 4 is 23.5 Å². The number of ether oxygens (including phenoxy) is 1. The number of hydrogen-bond donors (Lipinski definition) is 2. The summed E-state index contributed by atoms with van der Waals surface area (Å²) in [7, 11) is 1.53. The van der Waals surface area contributed by atoms with Gasteiger partial charge in [0.1, 0.15) is 17.8 Å². The first-order chi connectivity index (χ1) is 14.0. The predicted octanol–water partition coefficient (Wildman–Crippen LogP) is 3.40. The minimum absolute atomic E-state index is 0.0212. The van der Waals surface area contributed by atoms with Crippen LogP contribution in [0.4, 0.5) is 10.5 Å². The molecule has 1 unspecified atom stereocenters. The van der Waals surface area contributed by atoms with Crippen LogP contribution in [0.3, 0.4) is 0 Å². The van der Waals surface area contributed by atoms with E-state index in [9.17, 15) is 14.4 Å². The van der Waals surface area contributed by atoms with E-state index in [1.54, 1.807) is 31.2 Å². The van der Waals surface area contributed by atoms with Crippen LogP contribution in [-0.4, -0.2) is 36.4 Å². The minimum Gasteiger partial charge on any atom is -0.497 e. The van der Waals surface area contributed by atoms with Gasteiger partial charge in [-0.2, -0.15) is 0 Å². The summed E-state index contributed by atoms with van der Waals surface area (Å²) >= 11 is 0. The lowest BCUT2D eigenvalue weighted by Crippen LogP contribution is -2.42. The first-order valence-corrected chi connectivity index (χ1v) is 9.73. The molecular weight excluding hydrogens is 382 g/mol. The van der Waals surface area contributed by atoms with Crippen molar-refractivity contribution in [3.05, 3.63) is 59.7 Å². The molecule has 0 aromatic heterocycles. The molecule has 1 fully saturated rings. The van der Waals surface area contributed by atoms with Gasteiger partial charge in [-0.1, -0.05) is 51.1 Å². The molecule has 2 aromatic rings. The SMILES string of the molecule is COc1cccc(NC(=O)CN2C(=O)NC(C)(c3ccc(C(C)(C)C)cc3)C2=O)c1. The number of carbonyl (C=O) groups excluding carboxylic acids is 3. The van der Waals surface area contributed by atoms with Crippen LogP contribution in [-0.2, 0) is 20.5 Å². The highest BCUT2D eigenvalue weighted by Gasteiger charge is 2.49. The van der Waals surface area contributed by atoms with Crippen molar-refractivity contribution in [2.75, 3.05) is 19.0 Å². The first-order valence-electron chi connectivity index (χ1n) is 9.73. The first kappa shape index (κ1) is 21.4. The third-order valence-electron chi connectivity index (χ3n) is 5.26. The van der Waals surface area contributed by atoms with Crippen molar-refractivity contribution in [2.45, 2.75) is 38.6 Å². The average molecular weight is 409 g/mol. The molecule has 158 valence electrons. The molecule has 0 radical (unpaired) electrons. The fourth-order valence-electron chi connectivity index (χ4n) is 3.38. The van der Waals surface area contributed by atoms with Crippen LogP contribution in [0.2, 0.25) is 0 Å². The van der Waals surface area contributed by atoms with Crippen LogP contribution < -0.4 is 15.4 Å². The molecule has 7 heteroatoms. The van der Waals surface area contributed by atoms with Crippen molar-refractivity contribution in [1.29, 1.82) is 0 Å². The van der Waals surface area contributed by atoms with Crippen LogP contribution in [0, 0.1) is 0 Å². The number of nitrogens with zero attached hydrogens (tertiary/aromatic N) is 1. The van der Waals surface area contributed by atoms with Crippen molar-refractivity contribution in [2.24, 2.45) is 0 Å². The monoisotopic (exact) mass is 409 g/mol. The molecule has 0 aliphatic carbocycles. The molecule has 30 heavy (non-hydrogen) atoms. The van der Waals surface area contributed by atoms with E-state index in [4.69, 9.17) is 4.74 Å². The van der Waals surface area contributed by atoms with E-state index in [1.165, 1.54) is 7.11 Å². The second-order valence-corrected chi connectivity index (χ2v) is 8.55. The number of urea groups is 1. The second-order valence-electron chi connectivity index (χ2n) is 8.55. The summed E-state index contributed by atoms with van der Waals surface area (Å²) in [5, 5.41) is 5.41. The molecule has 2 N–H and O–H groups in total. The molecule has 1 atom stereocenters. The van der Waals surface area contributed by atoms with Gasteiger partial charge in [0, 0.05) is 11.8 Å². The molecule has 1 heterocycles. The molecule has 4 amide bonds. The second kappa shape index (κ2) is 7.82. The molecule has 3 rings (SSSR count). The number of carbonyl (C=O) groups is 3. The van der Waals surface area contributed by atoms with Gasteiger partial charge in [-0.3, -0.25) is 14.5 Å². The van der Waals surface area contributed by atoms with Gasteiger partial charge < -0.3 is 15.4 Å². The summed E-state index contributed by atoms with van der Waals surface area (Å²) < 4.78 is 5.13. The van der Waals surface area contributed by atoms with Crippen molar-refractivity contribution in [3.63, 3.8) is 0 Å². The third kappa shape index (κ3) is 4.15. The number of anilines is 1. The van der Waals surface area contributed by atoms with Crippen molar-refractivity contribution < 1.29 is 19.1 Å². The molecule has 1 aliphatic rings. The summed E-state index contributed by atoms with van der Waals surface area (Å²) in [6.45, 7) is 7.59. The number of nitrogens with one attached hydrogen (secondary N) is 2. The van der Waals surface area contributed by atoms with Crippen molar-refractivity contribution in [1.82, 2.24) is 10.2 Å². The van der Waals surface area contributed by atoms with Crippen molar-refractivity contribution in [3.8, 4) is 5.75 Å². The number of hydrogen-bond acceptors (Lipinski definition) is 4. The topological polar surface area (TPSA) is 87.7 Å². The Labute approximate surface area is 176 Å². The Morgan fingerprint density at radius 2 is 1.80 bits per heavy atom. The van der Waals surface area contributed by atoms with Gasteiger partial charge in [-0.25, -0.2) is 4.79 Å². The molecule has 2 aromatic carbocycles. The lowest BCUT2D eigenvalue weighted by molar-refractivity contribution is -0.133. The predicted molar refractivity (Wildman–Crippen MR) is 114 cm³/mol. The normalized spacial score (nSPS) is 18.9. The quantitative estimate of drug-likeness (QED) is 0.741. The van der Waals surface area contributed by atoms with Gasteiger partial charge in [0.25, 0.3) is 5.91 Å². The lowest BCUT2D eigenvalue weighted by Gasteiger charge is -2.24. The number of amides is 4. The minimum atomic E-state index is -1.22. The third-order valence-corrected chi connectivity index (χ3v) is 5.26. The fraction of sp³-hybridized carbons (Fsp3) is 0.348. The summed E-state index contributed by atoms with van der Waals surface area (Å²) in [6.07, 6.45) is 0. The van der Waals surface area contributed by atoms with E-state index in [2.05, 4.69) is 31.4 Å². The van der Waals surface area contributed by atoms with Crippen LogP contribution in [0.5, 0.6) is 5.75 Å². The Hall–Kier alpha value is -3.35. The van der Waals surface area contributed by atoms with E-state index < -0.39 is 23.4 Å². The summed E-state index contributed by atoms with van der Waals surface area (Å²) in [6, 6.07) is 13.9. The smallest absolute Gasteiger partial charge is 0.325 e. The van der Waals surface area contributed by atoms with Crippen LogP contribution in [0.25, 0.3) is 0 Å². The molecule has 0 spiro atoms. The van der Waals surface area contributed by atoms with E-state index >= 15 is 0 Å². The highest BCUT2D eigenvalue weighted by atomic mass is 16.5. The van der Waals surface area contributed by atoms with E-state index in [-0.39, 0.29) is 12.0 Å². The molecule has 7 nitrogen and oxygen atoms in total. The van der Waals surface area contributed by atoms with E-state index in [0.29, 0.717) is 17.0 Å². The highest BCUT2D eigenvalue weighted by molar-refractivity contribution is 6.10. The molecule has 0 bridgehead atoms. The Balaban J connectivity index is 1.74. The maximum absolute atomic E-state index is 13.1. The van der Waals surface area contributed by atoms with Gasteiger partial charge in [-0.15, -0.1) is 0 Å². The Kier molecular flexibility index (Phi) is 5.57. The summed E-state index contributed by atoms with van der Waals surface area (Å²) in [5.41, 5.74) is 1.08. The van der Waals surface area contributed by atoms with Gasteiger partial charge in [0.15, 0.2) is 0 Å². The number of methoxy groups -OCH3 is 1. The van der Waals surface area contributed by atoms with Gasteiger partial charge in [0.05, 0.1) is 7.11 Å². The van der Waals surface area contributed by atoms with E-state index in [0.717, 1.165) is 10.5 Å². The Morgan fingerprint density at radius 3 is 2.40 bits per heavy atom. The van der Waals surface area contributed by atoms with E-state index in [1.807, 2.05) is 24.3 Å². The van der Waals surface area contributed by atoms with Gasteiger partial charge in [0.2, 0.25) is 5.91 Å². The zero-order chi connectivity index (χ0) is 22.1. The maximum Gasteiger partial charge on any atom is 0.325 e. The highest BCUT2D eigenvalue weighted by Crippen LogP contribution is 2.31. The van der Waals surface area contributed by atoms with Gasteiger partial charge >= 0.3 is 6.03 Å². The lowest BCUT2D eigenvalue weighted by atomic mass is 9.84. The summed E-state index contributed by atoms with van der Waals surface area (Å²) in [4.78, 5) is 38.9. The average Bonchev–Trinajstić information content (AvgIpc) is 2.91. The largest absolute Gasteiger partial charge is 0.497 e. The molecule has 1 aliphatic heterocycles. The van der Waals surface area contributed by atoms with Crippen LogP contribution >= 0.6 is 0 Å². The molecular formula is C23H27N3O4. The standard InChI is InChI=1S/C23H27N3O4/c1-22(2,3)15-9-11-16(12-10-15)23(4)20(28)26(21(29)25-23)14-19(27)24-17-7-6-8-18(13-17)30-5/h6-13H,14H2,1-5H3,(H,24,27)(H,25,29). The van der Waals surface area contributed by atoms with Crippen LogP contribution in [0.1, 0.15) is 38.8 Å². The Bertz CT molecular complexity index is 979. The molecule has 0 saturated carbocycles. The van der Waals surface area contributed by atoms with Gasteiger partial charge in [-0.05, 0) is 35.6 Å². The molecule has 1 saturated heterocycles. The van der Waals surface area contributed by atoms with Crippen LogP contribution in [0.15, 0.2) is 48.5 Å².